The van der Waals surface area contributed by atoms with Gasteiger partial charge in [-0.25, -0.2) is 15.0 Å². The van der Waals surface area contributed by atoms with Crippen molar-refractivity contribution in [1.29, 1.82) is 0 Å². The van der Waals surface area contributed by atoms with Crippen molar-refractivity contribution in [3.05, 3.63) is 193 Å². The fourth-order valence-electron chi connectivity index (χ4n) is 8.54. The number of hydrogen-bond acceptors (Lipinski definition) is 6. The summed E-state index contributed by atoms with van der Waals surface area (Å²) in [6.07, 6.45) is 3.12. The number of fused-ring (bicyclic) bond motifs is 9. The molecular weight excluding hydrogens is 735 g/mol. The van der Waals surface area contributed by atoms with Gasteiger partial charge in [0.2, 0.25) is 0 Å². The number of allylic oxidation sites excluding steroid dienone is 1. The number of hydrogen-bond donors (Lipinski definition) is 0. The van der Waals surface area contributed by atoms with Crippen molar-refractivity contribution in [2.45, 2.75) is 12.3 Å². The molecule has 0 spiro atoms. The quantitative estimate of drug-likeness (QED) is 0.175. The van der Waals surface area contributed by atoms with Crippen molar-refractivity contribution >= 4 is 79.6 Å². The molecule has 0 aliphatic heterocycles. The summed E-state index contributed by atoms with van der Waals surface area (Å²) in [6, 6.07) is 58.1. The SMILES string of the molecule is C1=C(c2nc(-c3cccc(-c4ccccc4)c3)nc(-c3ccc4sc5ccccc5c4c3)n2)c2c(oc3ccccc23)CC1c1ccc2sc3ccccc3c2c1. The molecule has 4 nitrogen and oxygen atoms in total. The van der Waals surface area contributed by atoms with E-state index in [9.17, 15) is 0 Å². The van der Waals surface area contributed by atoms with E-state index in [1.165, 1.54) is 45.9 Å². The molecule has 0 radical (unpaired) electrons. The minimum Gasteiger partial charge on any atom is -0.460 e. The van der Waals surface area contributed by atoms with Gasteiger partial charge >= 0.3 is 0 Å². The standard InChI is InChI=1S/C51H31N3OS2/c1-2-11-30(12-3-1)31-13-10-14-33(25-31)49-52-50(34-22-24-47-40(27-34)37-16-6-9-20-45(37)57-47)54-51(53-49)41-28-35(29-43-48(41)38-17-4-7-18-42(38)55-43)32-21-23-46-39(26-32)36-15-5-8-19-44(36)56-46/h1-28,35H,29H2. The van der Waals surface area contributed by atoms with Crippen molar-refractivity contribution < 1.29 is 4.42 Å². The van der Waals surface area contributed by atoms with E-state index in [1.54, 1.807) is 0 Å². The van der Waals surface area contributed by atoms with Crippen molar-refractivity contribution in [1.82, 2.24) is 15.0 Å². The van der Waals surface area contributed by atoms with E-state index in [1.807, 2.05) is 34.8 Å². The molecule has 4 heterocycles. The van der Waals surface area contributed by atoms with E-state index < -0.39 is 0 Å². The summed E-state index contributed by atoms with van der Waals surface area (Å²) < 4.78 is 11.8. The molecule has 0 saturated heterocycles. The minimum atomic E-state index is 0.0507. The summed E-state index contributed by atoms with van der Waals surface area (Å²) in [5.41, 5.74) is 8.28. The second-order valence-corrected chi connectivity index (χ2v) is 16.9. The van der Waals surface area contributed by atoms with Crippen LogP contribution in [0, 0.1) is 0 Å². The Kier molecular flexibility index (Phi) is 7.37. The first-order chi connectivity index (χ1) is 28.2. The van der Waals surface area contributed by atoms with Crippen molar-refractivity contribution in [3.8, 4) is 33.9 Å². The molecule has 7 aromatic carbocycles. The molecule has 0 amide bonds. The van der Waals surface area contributed by atoms with Gasteiger partial charge in [-0.2, -0.15) is 0 Å². The molecule has 1 unspecified atom stereocenters. The summed E-state index contributed by atoms with van der Waals surface area (Å²) in [7, 11) is 0. The van der Waals surface area contributed by atoms with Gasteiger partial charge < -0.3 is 4.42 Å². The number of para-hydroxylation sites is 1. The number of nitrogens with zero attached hydrogens (tertiary/aromatic N) is 3. The number of thiophene rings is 2. The van der Waals surface area contributed by atoms with Crippen LogP contribution in [0.5, 0.6) is 0 Å². The number of aromatic nitrogens is 3. The summed E-state index contributed by atoms with van der Waals surface area (Å²) >= 11 is 3.66. The molecular formula is C51H31N3OS2. The Morgan fingerprint density at radius 1 is 0.439 bits per heavy atom. The third-order valence-corrected chi connectivity index (χ3v) is 13.6. The molecule has 0 fully saturated rings. The molecule has 11 aromatic rings. The van der Waals surface area contributed by atoms with Gasteiger partial charge in [-0.05, 0) is 71.3 Å². The van der Waals surface area contributed by atoms with Crippen LogP contribution in [0.4, 0.5) is 0 Å². The normalized spacial score (nSPS) is 14.2. The van der Waals surface area contributed by atoms with E-state index in [0.29, 0.717) is 17.5 Å². The van der Waals surface area contributed by atoms with Crippen LogP contribution in [-0.2, 0) is 6.42 Å². The predicted molar refractivity (Wildman–Crippen MR) is 238 cm³/mol. The van der Waals surface area contributed by atoms with Gasteiger partial charge in [-0.15, -0.1) is 22.7 Å². The number of furan rings is 1. The summed E-state index contributed by atoms with van der Waals surface area (Å²) in [5.74, 6) is 2.91. The third kappa shape index (κ3) is 5.44. The van der Waals surface area contributed by atoms with Crippen molar-refractivity contribution in [2.24, 2.45) is 0 Å². The van der Waals surface area contributed by atoms with Gasteiger partial charge in [0, 0.05) is 80.3 Å². The van der Waals surface area contributed by atoms with Crippen LogP contribution in [0.3, 0.4) is 0 Å². The monoisotopic (exact) mass is 765 g/mol. The van der Waals surface area contributed by atoms with E-state index in [-0.39, 0.29) is 5.92 Å². The molecule has 1 atom stereocenters. The van der Waals surface area contributed by atoms with E-state index in [0.717, 1.165) is 56.5 Å². The molecule has 57 heavy (non-hydrogen) atoms. The van der Waals surface area contributed by atoms with Crippen molar-refractivity contribution in [2.75, 3.05) is 0 Å². The average Bonchev–Trinajstić information content (AvgIpc) is 3.97. The van der Waals surface area contributed by atoms with Gasteiger partial charge in [0.15, 0.2) is 17.5 Å². The topological polar surface area (TPSA) is 51.8 Å². The largest absolute Gasteiger partial charge is 0.460 e. The highest BCUT2D eigenvalue weighted by Crippen LogP contribution is 2.45. The highest BCUT2D eigenvalue weighted by molar-refractivity contribution is 7.26. The second kappa shape index (κ2) is 12.9. The second-order valence-electron chi connectivity index (χ2n) is 14.7. The first-order valence-electron chi connectivity index (χ1n) is 19.2. The minimum absolute atomic E-state index is 0.0507. The van der Waals surface area contributed by atoms with E-state index in [4.69, 9.17) is 19.4 Å². The van der Waals surface area contributed by atoms with Gasteiger partial charge in [0.05, 0.1) is 0 Å². The molecule has 6 heteroatoms. The Morgan fingerprint density at radius 3 is 1.79 bits per heavy atom. The van der Waals surface area contributed by atoms with Crippen LogP contribution in [0.25, 0.3) is 90.8 Å². The van der Waals surface area contributed by atoms with Crippen LogP contribution in [0.1, 0.15) is 28.6 Å². The average molecular weight is 766 g/mol. The summed E-state index contributed by atoms with van der Waals surface area (Å²) in [6.45, 7) is 0. The molecule has 268 valence electrons. The molecule has 1 aliphatic carbocycles. The lowest BCUT2D eigenvalue weighted by Gasteiger charge is -2.21. The maximum Gasteiger partial charge on any atom is 0.164 e. The Morgan fingerprint density at radius 2 is 1.02 bits per heavy atom. The fraction of sp³-hybridized carbons (Fsp3) is 0.0392. The van der Waals surface area contributed by atoms with E-state index in [2.05, 4.69) is 158 Å². The molecule has 0 saturated carbocycles. The molecule has 0 bridgehead atoms. The molecule has 1 aliphatic rings. The molecule has 0 N–H and O–H groups in total. The maximum absolute atomic E-state index is 6.70. The Bertz CT molecular complexity index is 3410. The zero-order valence-corrected chi connectivity index (χ0v) is 32.1. The zero-order chi connectivity index (χ0) is 37.5. The van der Waals surface area contributed by atoms with Crippen LogP contribution < -0.4 is 0 Å². The zero-order valence-electron chi connectivity index (χ0n) is 30.5. The van der Waals surface area contributed by atoms with Crippen molar-refractivity contribution in [3.63, 3.8) is 0 Å². The van der Waals surface area contributed by atoms with E-state index >= 15 is 0 Å². The Balaban J connectivity index is 1.09. The lowest BCUT2D eigenvalue weighted by atomic mass is 9.83. The predicted octanol–water partition coefficient (Wildman–Crippen LogP) is 14.1. The first-order valence-corrected chi connectivity index (χ1v) is 20.8. The molecule has 4 aromatic heterocycles. The van der Waals surface area contributed by atoms with Gasteiger partial charge in [-0.3, -0.25) is 0 Å². The van der Waals surface area contributed by atoms with Crippen LogP contribution in [-0.4, -0.2) is 15.0 Å². The third-order valence-electron chi connectivity index (χ3n) is 11.3. The Hall–Kier alpha value is -6.73. The number of benzene rings is 7. The van der Waals surface area contributed by atoms with Gasteiger partial charge in [0.1, 0.15) is 11.3 Å². The molecule has 12 rings (SSSR count). The van der Waals surface area contributed by atoms with Gasteiger partial charge in [-0.1, -0.05) is 115 Å². The smallest absolute Gasteiger partial charge is 0.164 e. The Labute approximate surface area is 336 Å². The fourth-order valence-corrected chi connectivity index (χ4v) is 10.7. The summed E-state index contributed by atoms with van der Waals surface area (Å²) in [5, 5.41) is 6.10. The highest BCUT2D eigenvalue weighted by Gasteiger charge is 2.30. The van der Waals surface area contributed by atoms with Crippen LogP contribution >= 0.6 is 22.7 Å². The highest BCUT2D eigenvalue weighted by atomic mass is 32.1. The lowest BCUT2D eigenvalue weighted by Crippen LogP contribution is -2.11. The first kappa shape index (κ1) is 32.5. The lowest BCUT2D eigenvalue weighted by molar-refractivity contribution is 0.531. The van der Waals surface area contributed by atoms with Crippen LogP contribution in [0.15, 0.2) is 174 Å². The van der Waals surface area contributed by atoms with Gasteiger partial charge in [0.25, 0.3) is 0 Å². The summed E-state index contributed by atoms with van der Waals surface area (Å²) in [4.78, 5) is 16.0. The maximum atomic E-state index is 6.70. The van der Waals surface area contributed by atoms with Crippen LogP contribution in [0.2, 0.25) is 0 Å². The number of rotatable bonds is 5.